The Kier molecular flexibility index (Phi) is 4.47. The molecule has 0 amide bonds. The molecule has 0 saturated heterocycles. The molecule has 1 N–H and O–H groups in total. The van der Waals surface area contributed by atoms with Gasteiger partial charge >= 0.3 is 6.18 Å². The van der Waals surface area contributed by atoms with Gasteiger partial charge in [-0.05, 0) is 12.5 Å². The van der Waals surface area contributed by atoms with Crippen LogP contribution in [-0.4, -0.2) is 11.3 Å². The molecular weight excluding hydrogens is 264 g/mol. The average Bonchev–Trinajstić information content (AvgIpc) is 2.17. The molecule has 0 fully saturated rings. The highest BCUT2D eigenvalue weighted by Gasteiger charge is 2.28. The van der Waals surface area contributed by atoms with Gasteiger partial charge in [-0.3, -0.25) is 0 Å². The predicted octanol–water partition coefficient (Wildman–Crippen LogP) is 4.37. The molecule has 16 heavy (non-hydrogen) atoms. The topological polar surface area (TPSA) is 20.2 Å². The zero-order valence-corrected chi connectivity index (χ0v) is 9.57. The monoisotopic (exact) mass is 272 g/mol. The molecule has 90 valence electrons. The van der Waals surface area contributed by atoms with Gasteiger partial charge in [0.15, 0.2) is 0 Å². The summed E-state index contributed by atoms with van der Waals surface area (Å²) < 4.78 is 35.8. The maximum Gasteiger partial charge on any atom is 0.389 e. The molecule has 0 heterocycles. The summed E-state index contributed by atoms with van der Waals surface area (Å²) in [5.41, 5.74) is 0.221. The molecule has 0 aliphatic carbocycles. The van der Waals surface area contributed by atoms with Crippen molar-refractivity contribution >= 4 is 23.2 Å². The van der Waals surface area contributed by atoms with E-state index < -0.39 is 25.1 Å². The van der Waals surface area contributed by atoms with E-state index in [9.17, 15) is 18.3 Å². The number of hydrogen-bond acceptors (Lipinski definition) is 1. The summed E-state index contributed by atoms with van der Waals surface area (Å²) in [5, 5.41) is 9.86. The van der Waals surface area contributed by atoms with Gasteiger partial charge in [-0.1, -0.05) is 35.3 Å². The third-order valence-electron chi connectivity index (χ3n) is 2.04. The fourth-order valence-corrected chi connectivity index (χ4v) is 1.67. The van der Waals surface area contributed by atoms with Gasteiger partial charge in [-0.15, -0.1) is 0 Å². The van der Waals surface area contributed by atoms with Gasteiger partial charge in [0.05, 0.1) is 16.1 Å². The van der Waals surface area contributed by atoms with Crippen molar-refractivity contribution in [3.05, 3.63) is 33.8 Å². The van der Waals surface area contributed by atoms with Gasteiger partial charge in [0.25, 0.3) is 0 Å². The number of alkyl halides is 3. The number of rotatable bonds is 3. The molecule has 0 saturated carbocycles. The minimum Gasteiger partial charge on any atom is -0.388 e. The smallest absolute Gasteiger partial charge is 0.388 e. The molecule has 0 aliphatic rings. The first kappa shape index (κ1) is 13.6. The van der Waals surface area contributed by atoms with Crippen LogP contribution in [0.4, 0.5) is 13.2 Å². The van der Waals surface area contributed by atoms with Gasteiger partial charge in [0.1, 0.15) is 0 Å². The first-order chi connectivity index (χ1) is 7.31. The lowest BCUT2D eigenvalue weighted by Gasteiger charge is -2.14. The third-order valence-corrected chi connectivity index (χ3v) is 2.88. The zero-order chi connectivity index (χ0) is 12.3. The highest BCUT2D eigenvalue weighted by Crippen LogP contribution is 2.33. The van der Waals surface area contributed by atoms with Gasteiger partial charge in [-0.2, -0.15) is 13.2 Å². The quantitative estimate of drug-likeness (QED) is 0.867. The Labute approximate surface area is 101 Å². The molecule has 0 aliphatic heterocycles. The number of aliphatic hydroxyl groups excluding tert-OH is 1. The lowest BCUT2D eigenvalue weighted by molar-refractivity contribution is -0.140. The summed E-state index contributed by atoms with van der Waals surface area (Å²) in [6, 6.07) is 4.49. The molecule has 0 bridgehead atoms. The van der Waals surface area contributed by atoms with Crippen molar-refractivity contribution in [3.63, 3.8) is 0 Å². The fourth-order valence-electron chi connectivity index (χ4n) is 1.23. The number of benzene rings is 1. The molecule has 1 rings (SSSR count). The van der Waals surface area contributed by atoms with Crippen LogP contribution in [0.15, 0.2) is 18.2 Å². The fraction of sp³-hybridized carbons (Fsp3) is 0.400. The van der Waals surface area contributed by atoms with E-state index in [2.05, 4.69) is 0 Å². The SMILES string of the molecule is OC(CCC(F)(F)F)c1cccc(Cl)c1Cl. The molecular formula is C10H9Cl2F3O. The van der Waals surface area contributed by atoms with E-state index in [1.807, 2.05) is 0 Å². The van der Waals surface area contributed by atoms with Crippen LogP contribution >= 0.6 is 23.2 Å². The van der Waals surface area contributed by atoms with Gasteiger partial charge in [0.2, 0.25) is 0 Å². The van der Waals surface area contributed by atoms with Crippen molar-refractivity contribution in [2.75, 3.05) is 0 Å². The second-order valence-electron chi connectivity index (χ2n) is 3.31. The van der Waals surface area contributed by atoms with E-state index in [1.54, 1.807) is 0 Å². The van der Waals surface area contributed by atoms with Crippen molar-refractivity contribution in [1.82, 2.24) is 0 Å². The summed E-state index contributed by atoms with van der Waals surface area (Å²) in [6.07, 6.45) is -7.03. The van der Waals surface area contributed by atoms with Crippen molar-refractivity contribution in [1.29, 1.82) is 0 Å². The molecule has 0 aromatic heterocycles. The normalized spacial score (nSPS) is 13.9. The zero-order valence-electron chi connectivity index (χ0n) is 8.06. The lowest BCUT2D eigenvalue weighted by Crippen LogP contribution is -2.10. The molecule has 1 aromatic carbocycles. The van der Waals surface area contributed by atoms with E-state index in [0.29, 0.717) is 0 Å². The Morgan fingerprint density at radius 1 is 1.25 bits per heavy atom. The van der Waals surface area contributed by atoms with Crippen LogP contribution in [0.3, 0.4) is 0 Å². The largest absolute Gasteiger partial charge is 0.389 e. The Balaban J connectivity index is 2.73. The van der Waals surface area contributed by atoms with Gasteiger partial charge in [-0.25, -0.2) is 0 Å². The summed E-state index contributed by atoms with van der Waals surface area (Å²) in [4.78, 5) is 0. The molecule has 6 heteroatoms. The van der Waals surface area contributed by atoms with E-state index in [0.717, 1.165) is 0 Å². The molecule has 1 unspecified atom stereocenters. The van der Waals surface area contributed by atoms with Crippen LogP contribution in [0.1, 0.15) is 24.5 Å². The van der Waals surface area contributed by atoms with Crippen molar-refractivity contribution in [3.8, 4) is 0 Å². The minimum atomic E-state index is -4.29. The number of aliphatic hydroxyl groups is 1. The number of halogens is 5. The van der Waals surface area contributed by atoms with Crippen LogP contribution in [0.25, 0.3) is 0 Å². The second-order valence-corrected chi connectivity index (χ2v) is 4.10. The van der Waals surface area contributed by atoms with Crippen molar-refractivity contribution in [2.24, 2.45) is 0 Å². The summed E-state index contributed by atoms with van der Waals surface area (Å²) in [7, 11) is 0. The highest BCUT2D eigenvalue weighted by molar-refractivity contribution is 6.42. The van der Waals surface area contributed by atoms with Gasteiger partial charge in [0, 0.05) is 12.0 Å². The van der Waals surface area contributed by atoms with Crippen LogP contribution in [0.2, 0.25) is 10.0 Å². The van der Waals surface area contributed by atoms with Crippen LogP contribution in [0, 0.1) is 0 Å². The van der Waals surface area contributed by atoms with E-state index in [-0.39, 0.29) is 15.6 Å². The highest BCUT2D eigenvalue weighted by atomic mass is 35.5. The van der Waals surface area contributed by atoms with E-state index in [1.165, 1.54) is 18.2 Å². The van der Waals surface area contributed by atoms with Crippen molar-refractivity contribution < 1.29 is 18.3 Å². The Morgan fingerprint density at radius 3 is 2.44 bits per heavy atom. The van der Waals surface area contributed by atoms with E-state index >= 15 is 0 Å². The predicted molar refractivity (Wildman–Crippen MR) is 56.7 cm³/mol. The Bertz CT molecular complexity index is 366. The standard InChI is InChI=1S/C10H9Cl2F3O/c11-7-3-1-2-6(9(7)12)8(16)4-5-10(13,14)15/h1-3,8,16H,4-5H2. The molecule has 0 spiro atoms. The van der Waals surface area contributed by atoms with E-state index in [4.69, 9.17) is 23.2 Å². The van der Waals surface area contributed by atoms with Crippen LogP contribution in [-0.2, 0) is 0 Å². The van der Waals surface area contributed by atoms with Crippen LogP contribution in [0.5, 0.6) is 0 Å². The molecule has 1 nitrogen and oxygen atoms in total. The Morgan fingerprint density at radius 2 is 1.88 bits per heavy atom. The minimum absolute atomic E-state index is 0.0961. The van der Waals surface area contributed by atoms with Gasteiger partial charge < -0.3 is 5.11 Å². The molecule has 1 atom stereocenters. The summed E-state index contributed by atoms with van der Waals surface area (Å²) in [5.74, 6) is 0. The average molecular weight is 273 g/mol. The number of hydrogen-bond donors (Lipinski definition) is 1. The lowest BCUT2D eigenvalue weighted by atomic mass is 10.0. The maximum atomic E-state index is 11.9. The first-order valence-electron chi connectivity index (χ1n) is 4.50. The third kappa shape index (κ3) is 3.85. The summed E-state index contributed by atoms with van der Waals surface area (Å²) >= 11 is 11.4. The molecule has 1 aromatic rings. The first-order valence-corrected chi connectivity index (χ1v) is 5.25. The molecule has 0 radical (unpaired) electrons. The maximum absolute atomic E-state index is 11.9. The summed E-state index contributed by atoms with van der Waals surface area (Å²) in [6.45, 7) is 0. The Hall–Kier alpha value is -0.450. The van der Waals surface area contributed by atoms with Crippen LogP contribution < -0.4 is 0 Å². The second kappa shape index (κ2) is 5.25. The van der Waals surface area contributed by atoms with Crippen molar-refractivity contribution in [2.45, 2.75) is 25.1 Å².